The lowest BCUT2D eigenvalue weighted by Gasteiger charge is -2.29. The highest BCUT2D eigenvalue weighted by Gasteiger charge is 2.28. The molecule has 0 saturated carbocycles. The van der Waals surface area contributed by atoms with Crippen molar-refractivity contribution in [1.82, 2.24) is 15.0 Å². The number of amides is 1. The zero-order valence-electron chi connectivity index (χ0n) is 20.5. The summed E-state index contributed by atoms with van der Waals surface area (Å²) in [5.74, 6) is 0.223. The van der Waals surface area contributed by atoms with Crippen LogP contribution in [0.4, 0.5) is 5.69 Å². The number of unbranched alkanes of at least 4 members (excludes halogenated alkanes) is 3. The average molecular weight is 475 g/mol. The summed E-state index contributed by atoms with van der Waals surface area (Å²) < 4.78 is 1.85. The summed E-state index contributed by atoms with van der Waals surface area (Å²) in [5, 5.41) is 8.92. The molecule has 7 heteroatoms. The molecular formula is C28H34N4O3. The highest BCUT2D eigenvalue weighted by molar-refractivity contribution is 6.01. The topological polar surface area (TPSA) is 85.2 Å². The zero-order valence-corrected chi connectivity index (χ0v) is 20.5. The largest absolute Gasteiger partial charge is 0.307 e. The number of fused-ring (bicyclic) bond motifs is 3. The van der Waals surface area contributed by atoms with E-state index in [1.807, 2.05) is 35.9 Å². The first-order valence-electron chi connectivity index (χ1n) is 12.3. The third-order valence-corrected chi connectivity index (χ3v) is 6.30. The smallest absolute Gasteiger partial charge is 0.227 e. The summed E-state index contributed by atoms with van der Waals surface area (Å²) >= 11 is 0. The third-order valence-electron chi connectivity index (χ3n) is 6.30. The van der Waals surface area contributed by atoms with E-state index in [0.717, 1.165) is 47.2 Å². The Balaban J connectivity index is 2.01. The molecule has 7 nitrogen and oxygen atoms in total. The van der Waals surface area contributed by atoms with Gasteiger partial charge in [-0.2, -0.15) is 0 Å². The molecule has 0 spiro atoms. The fraction of sp³-hybridized carbons (Fsp3) is 0.393. The summed E-state index contributed by atoms with van der Waals surface area (Å²) in [7, 11) is 0. The van der Waals surface area contributed by atoms with Gasteiger partial charge in [0.25, 0.3) is 0 Å². The van der Waals surface area contributed by atoms with Gasteiger partial charge in [-0.05, 0) is 37.3 Å². The van der Waals surface area contributed by atoms with Gasteiger partial charge in [-0.3, -0.25) is 9.59 Å². The Kier molecular flexibility index (Phi) is 9.47. The molecule has 2 heterocycles. The van der Waals surface area contributed by atoms with E-state index in [1.165, 1.54) is 0 Å². The molecule has 1 aromatic heterocycles. The maximum absolute atomic E-state index is 13.5. The SMILES string of the molecule is C=C/C1=C(\C=C)c2nnn(CCCCC=O)c2-c2ccccc2N(C(=O)CCCCC(=O)CC)C1. The molecule has 1 aliphatic rings. The Hall–Kier alpha value is -3.61. The molecule has 0 unspecified atom stereocenters. The van der Waals surface area contributed by atoms with Crippen LogP contribution in [0.25, 0.3) is 16.8 Å². The summed E-state index contributed by atoms with van der Waals surface area (Å²) in [6.45, 7) is 10.8. The molecule has 0 bridgehead atoms. The van der Waals surface area contributed by atoms with Crippen LogP contribution in [0.1, 0.15) is 64.0 Å². The molecule has 0 atom stereocenters. The lowest BCUT2D eigenvalue weighted by molar-refractivity contribution is -0.120. The van der Waals surface area contributed by atoms with E-state index >= 15 is 0 Å². The van der Waals surface area contributed by atoms with Crippen LogP contribution in [-0.2, 0) is 20.9 Å². The van der Waals surface area contributed by atoms with Gasteiger partial charge >= 0.3 is 0 Å². The van der Waals surface area contributed by atoms with E-state index in [9.17, 15) is 14.4 Å². The van der Waals surface area contributed by atoms with Crippen molar-refractivity contribution < 1.29 is 14.4 Å². The fourth-order valence-electron chi connectivity index (χ4n) is 4.34. The van der Waals surface area contributed by atoms with Gasteiger partial charge in [0, 0.05) is 43.4 Å². The van der Waals surface area contributed by atoms with Crippen LogP contribution in [0.2, 0.25) is 0 Å². The van der Waals surface area contributed by atoms with Gasteiger partial charge in [0.15, 0.2) is 0 Å². The number of rotatable bonds is 13. The number of aldehydes is 1. The molecule has 1 amide bonds. The molecule has 184 valence electrons. The Labute approximate surface area is 207 Å². The molecule has 3 rings (SSSR count). The van der Waals surface area contributed by atoms with E-state index in [-0.39, 0.29) is 11.7 Å². The van der Waals surface area contributed by atoms with Gasteiger partial charge in [-0.15, -0.1) is 5.10 Å². The molecule has 0 N–H and O–H groups in total. The third kappa shape index (κ3) is 6.10. The Morgan fingerprint density at radius 1 is 1.06 bits per heavy atom. The lowest BCUT2D eigenvalue weighted by Crippen LogP contribution is -2.34. The van der Waals surface area contributed by atoms with Crippen LogP contribution >= 0.6 is 0 Å². The number of nitrogens with zero attached hydrogens (tertiary/aromatic N) is 4. The maximum atomic E-state index is 13.5. The minimum atomic E-state index is -0.00221. The predicted octanol–water partition coefficient (Wildman–Crippen LogP) is 5.33. The Morgan fingerprint density at radius 2 is 1.83 bits per heavy atom. The number of allylic oxidation sites excluding steroid dienone is 2. The number of para-hydroxylation sites is 1. The van der Waals surface area contributed by atoms with Gasteiger partial charge in [-0.25, -0.2) is 4.68 Å². The fourth-order valence-corrected chi connectivity index (χ4v) is 4.34. The van der Waals surface area contributed by atoms with Crippen LogP contribution in [0.15, 0.2) is 55.1 Å². The van der Waals surface area contributed by atoms with Crippen molar-refractivity contribution >= 4 is 29.2 Å². The number of anilines is 1. The van der Waals surface area contributed by atoms with Crippen LogP contribution in [0.5, 0.6) is 0 Å². The maximum Gasteiger partial charge on any atom is 0.227 e. The number of Topliss-reactive ketones (excluding diaryl/α,β-unsaturated/α-hetero) is 1. The minimum absolute atomic E-state index is 0.00221. The number of aromatic nitrogens is 3. The number of carbonyl (C=O) groups is 3. The molecule has 0 saturated heterocycles. The van der Waals surface area contributed by atoms with E-state index in [1.54, 1.807) is 17.1 Å². The second-order valence-corrected chi connectivity index (χ2v) is 8.62. The van der Waals surface area contributed by atoms with Gasteiger partial charge in [0.1, 0.15) is 17.8 Å². The van der Waals surface area contributed by atoms with E-state index < -0.39 is 0 Å². The predicted molar refractivity (Wildman–Crippen MR) is 139 cm³/mol. The van der Waals surface area contributed by atoms with Crippen LogP contribution in [0.3, 0.4) is 0 Å². The summed E-state index contributed by atoms with van der Waals surface area (Å²) in [6.07, 6.45) is 9.26. The van der Waals surface area contributed by atoms with Crippen molar-refractivity contribution in [2.75, 3.05) is 11.4 Å². The summed E-state index contributed by atoms with van der Waals surface area (Å²) in [4.78, 5) is 37.6. The van der Waals surface area contributed by atoms with Crippen LogP contribution in [-0.4, -0.2) is 39.5 Å². The van der Waals surface area contributed by atoms with E-state index in [4.69, 9.17) is 0 Å². The van der Waals surface area contributed by atoms with E-state index in [2.05, 4.69) is 23.5 Å². The minimum Gasteiger partial charge on any atom is -0.307 e. The van der Waals surface area contributed by atoms with Crippen molar-refractivity contribution in [2.45, 2.75) is 64.8 Å². The summed E-state index contributed by atoms with van der Waals surface area (Å²) in [6, 6.07) is 7.79. The first kappa shape index (κ1) is 26.0. The van der Waals surface area contributed by atoms with Crippen molar-refractivity contribution in [2.24, 2.45) is 0 Å². The lowest BCUT2D eigenvalue weighted by atomic mass is 9.95. The van der Waals surface area contributed by atoms with Crippen LogP contribution < -0.4 is 4.90 Å². The molecule has 0 fully saturated rings. The monoisotopic (exact) mass is 474 g/mol. The second-order valence-electron chi connectivity index (χ2n) is 8.62. The van der Waals surface area contributed by atoms with Crippen molar-refractivity contribution in [3.8, 4) is 11.3 Å². The van der Waals surface area contributed by atoms with Gasteiger partial charge in [-0.1, -0.05) is 55.6 Å². The van der Waals surface area contributed by atoms with Crippen molar-refractivity contribution in [1.29, 1.82) is 0 Å². The quantitative estimate of drug-likeness (QED) is 0.289. The van der Waals surface area contributed by atoms with Gasteiger partial charge < -0.3 is 9.69 Å². The molecular weight excluding hydrogens is 440 g/mol. The highest BCUT2D eigenvalue weighted by atomic mass is 16.2. The number of ketones is 1. The average Bonchev–Trinajstić information content (AvgIpc) is 3.28. The van der Waals surface area contributed by atoms with Gasteiger partial charge in [0.05, 0.1) is 17.9 Å². The molecule has 35 heavy (non-hydrogen) atoms. The standard InChI is InChI=1S/C28H34N4O3/c1-4-21-20-31(26(35)17-11-8-14-22(34)5-2)25-16-10-9-15-24(25)28-27(23(21)6-3)29-30-32(28)18-12-7-13-19-33/h4,6,9-10,15-16,19H,1,3,5,7-8,11-14,17-18,20H2,2H3/b23-21-. The van der Waals surface area contributed by atoms with E-state index in [0.29, 0.717) is 57.3 Å². The molecule has 1 aliphatic heterocycles. The normalized spacial score (nSPS) is 14.9. The summed E-state index contributed by atoms with van der Waals surface area (Å²) in [5.41, 5.74) is 4.85. The van der Waals surface area contributed by atoms with Gasteiger partial charge in [0.2, 0.25) is 5.91 Å². The number of benzene rings is 1. The number of aryl methyl sites for hydroxylation is 1. The number of hydrogen-bond donors (Lipinski definition) is 0. The molecule has 2 aromatic rings. The zero-order chi connectivity index (χ0) is 25.2. The first-order chi connectivity index (χ1) is 17.0. The van der Waals surface area contributed by atoms with Crippen molar-refractivity contribution in [3.63, 3.8) is 0 Å². The number of carbonyl (C=O) groups excluding carboxylic acids is 3. The molecule has 0 aliphatic carbocycles. The van der Waals surface area contributed by atoms with Crippen molar-refractivity contribution in [3.05, 3.63) is 60.8 Å². The molecule has 1 aromatic carbocycles. The first-order valence-corrected chi connectivity index (χ1v) is 12.3. The second kappa shape index (κ2) is 12.7. The Bertz CT molecular complexity index is 1130. The molecule has 0 radical (unpaired) electrons. The Morgan fingerprint density at radius 3 is 2.54 bits per heavy atom. The highest BCUT2D eigenvalue weighted by Crippen LogP contribution is 2.39. The number of hydrogen-bond acceptors (Lipinski definition) is 5. The van der Waals surface area contributed by atoms with Crippen LogP contribution in [0, 0.1) is 0 Å².